The Morgan fingerprint density at radius 1 is 1.14 bits per heavy atom. The molecule has 3 N–H and O–H groups in total. The minimum atomic E-state index is -0.988. The number of aromatic hydroxyl groups is 1. The van der Waals surface area contributed by atoms with Gasteiger partial charge in [0.05, 0.1) is 7.11 Å². The van der Waals surface area contributed by atoms with Crippen LogP contribution in [0.5, 0.6) is 5.75 Å². The van der Waals surface area contributed by atoms with Crippen LogP contribution in [0, 0.1) is 0 Å². The average molecular weight is 293 g/mol. The molecule has 0 unspecified atom stereocenters. The predicted octanol–water partition coefficient (Wildman–Crippen LogP) is 3.16. The van der Waals surface area contributed by atoms with Gasteiger partial charge in [-0.3, -0.25) is 4.79 Å². The van der Waals surface area contributed by atoms with Crippen LogP contribution >= 0.6 is 0 Å². The number of nitrogens with two attached hydrogens (primary N) is 1. The normalized spacial score (nSPS) is 13.9. The molecule has 4 heteroatoms. The second-order valence-corrected chi connectivity index (χ2v) is 7.46. The van der Waals surface area contributed by atoms with Crippen LogP contribution in [-0.4, -0.2) is 18.2 Å². The SMILES string of the molecule is COC(=O)[C@H](N)c1cc(C(C)(C)C)cc(C(C)(C)C)c1O. The summed E-state index contributed by atoms with van der Waals surface area (Å²) in [6.45, 7) is 12.3. The zero-order valence-corrected chi connectivity index (χ0v) is 14.1. The molecule has 0 radical (unpaired) electrons. The van der Waals surface area contributed by atoms with Crippen molar-refractivity contribution in [3.05, 3.63) is 28.8 Å². The van der Waals surface area contributed by atoms with Crippen LogP contribution in [-0.2, 0) is 20.4 Å². The second-order valence-electron chi connectivity index (χ2n) is 7.46. The molecule has 0 bridgehead atoms. The van der Waals surface area contributed by atoms with Crippen molar-refractivity contribution in [3.8, 4) is 5.75 Å². The van der Waals surface area contributed by atoms with E-state index < -0.39 is 12.0 Å². The highest BCUT2D eigenvalue weighted by Gasteiger charge is 2.29. The third kappa shape index (κ3) is 3.76. The highest BCUT2D eigenvalue weighted by molar-refractivity contribution is 5.78. The van der Waals surface area contributed by atoms with E-state index in [1.165, 1.54) is 7.11 Å². The molecular weight excluding hydrogens is 266 g/mol. The minimum Gasteiger partial charge on any atom is -0.507 e. The first-order valence-corrected chi connectivity index (χ1v) is 7.11. The van der Waals surface area contributed by atoms with Gasteiger partial charge in [-0.1, -0.05) is 47.6 Å². The third-order valence-electron chi connectivity index (χ3n) is 3.60. The first-order chi connectivity index (χ1) is 9.39. The fraction of sp³-hybridized carbons (Fsp3) is 0.588. The zero-order valence-electron chi connectivity index (χ0n) is 14.1. The maximum absolute atomic E-state index is 11.7. The molecule has 0 heterocycles. The van der Waals surface area contributed by atoms with Crippen molar-refractivity contribution in [1.82, 2.24) is 0 Å². The van der Waals surface area contributed by atoms with Crippen molar-refractivity contribution in [2.75, 3.05) is 7.11 Å². The number of hydrogen-bond acceptors (Lipinski definition) is 4. The fourth-order valence-corrected chi connectivity index (χ4v) is 2.15. The average Bonchev–Trinajstić information content (AvgIpc) is 2.34. The highest BCUT2D eigenvalue weighted by Crippen LogP contribution is 2.39. The van der Waals surface area contributed by atoms with Crippen molar-refractivity contribution in [1.29, 1.82) is 0 Å². The summed E-state index contributed by atoms with van der Waals surface area (Å²) in [4.78, 5) is 11.7. The molecule has 0 aliphatic carbocycles. The Bertz CT molecular complexity index is 536. The molecule has 0 aliphatic rings. The van der Waals surface area contributed by atoms with E-state index in [-0.39, 0.29) is 16.6 Å². The number of phenolic OH excluding ortho intramolecular Hbond substituents is 1. The van der Waals surface area contributed by atoms with Crippen LogP contribution < -0.4 is 5.73 Å². The topological polar surface area (TPSA) is 72.5 Å². The minimum absolute atomic E-state index is 0.0772. The molecular formula is C17H27NO3. The largest absolute Gasteiger partial charge is 0.507 e. The number of phenols is 1. The number of carbonyl (C=O) groups is 1. The van der Waals surface area contributed by atoms with Gasteiger partial charge in [-0.2, -0.15) is 0 Å². The van der Waals surface area contributed by atoms with Gasteiger partial charge < -0.3 is 15.6 Å². The Morgan fingerprint density at radius 2 is 1.67 bits per heavy atom. The molecule has 0 saturated heterocycles. The van der Waals surface area contributed by atoms with Crippen LogP contribution in [0.1, 0.15) is 64.3 Å². The molecule has 0 aliphatic heterocycles. The molecule has 0 spiro atoms. The van der Waals surface area contributed by atoms with E-state index in [2.05, 4.69) is 20.8 Å². The standard InChI is InChI=1S/C17H27NO3/c1-16(2,3)10-8-11(13(18)15(20)21-7)14(19)12(9-10)17(4,5)6/h8-9,13,19H,18H2,1-7H3/t13-/m1/s1. The molecule has 1 atom stereocenters. The van der Waals surface area contributed by atoms with Gasteiger partial charge in [-0.05, 0) is 28.0 Å². The number of carbonyl (C=O) groups excluding carboxylic acids is 1. The van der Waals surface area contributed by atoms with Crippen LogP contribution in [0.25, 0.3) is 0 Å². The number of esters is 1. The van der Waals surface area contributed by atoms with Gasteiger partial charge in [-0.25, -0.2) is 0 Å². The molecule has 1 rings (SSSR count). The smallest absolute Gasteiger partial charge is 0.327 e. The predicted molar refractivity (Wildman–Crippen MR) is 84.5 cm³/mol. The lowest BCUT2D eigenvalue weighted by atomic mass is 9.78. The van der Waals surface area contributed by atoms with Crippen molar-refractivity contribution in [2.24, 2.45) is 5.73 Å². The first-order valence-electron chi connectivity index (χ1n) is 7.11. The Labute approximate surface area is 127 Å². The molecule has 0 saturated carbocycles. The van der Waals surface area contributed by atoms with E-state index in [1.54, 1.807) is 6.07 Å². The Morgan fingerprint density at radius 3 is 2.05 bits per heavy atom. The summed E-state index contributed by atoms with van der Waals surface area (Å²) in [5, 5.41) is 10.5. The lowest BCUT2D eigenvalue weighted by Crippen LogP contribution is -2.25. The second kappa shape index (κ2) is 5.68. The van der Waals surface area contributed by atoms with Crippen LogP contribution in [0.2, 0.25) is 0 Å². The van der Waals surface area contributed by atoms with E-state index in [0.717, 1.165) is 11.1 Å². The van der Waals surface area contributed by atoms with Gasteiger partial charge >= 0.3 is 5.97 Å². The van der Waals surface area contributed by atoms with Gasteiger partial charge in [0, 0.05) is 5.56 Å². The lowest BCUT2D eigenvalue weighted by molar-refractivity contribution is -0.142. The van der Waals surface area contributed by atoms with Gasteiger partial charge in [0.25, 0.3) is 0 Å². The van der Waals surface area contributed by atoms with Crippen molar-refractivity contribution in [3.63, 3.8) is 0 Å². The summed E-state index contributed by atoms with van der Waals surface area (Å²) < 4.78 is 4.70. The zero-order chi connectivity index (χ0) is 16.6. The quantitative estimate of drug-likeness (QED) is 0.822. The Kier molecular flexibility index (Phi) is 4.73. The van der Waals surface area contributed by atoms with Crippen LogP contribution in [0.4, 0.5) is 0 Å². The molecule has 0 aromatic heterocycles. The van der Waals surface area contributed by atoms with E-state index >= 15 is 0 Å². The first kappa shape index (κ1) is 17.5. The Hall–Kier alpha value is -1.55. The summed E-state index contributed by atoms with van der Waals surface area (Å²) in [5.74, 6) is -0.482. The van der Waals surface area contributed by atoms with Gasteiger partial charge in [0.15, 0.2) is 0 Å². The summed E-state index contributed by atoms with van der Waals surface area (Å²) in [7, 11) is 1.29. The van der Waals surface area contributed by atoms with Crippen LogP contribution in [0.3, 0.4) is 0 Å². The van der Waals surface area contributed by atoms with Crippen LogP contribution in [0.15, 0.2) is 12.1 Å². The number of ether oxygens (including phenoxy) is 1. The van der Waals surface area contributed by atoms with Crippen molar-refractivity contribution < 1.29 is 14.6 Å². The van der Waals surface area contributed by atoms with Crippen molar-refractivity contribution in [2.45, 2.75) is 58.4 Å². The maximum Gasteiger partial charge on any atom is 0.327 e. The number of methoxy groups -OCH3 is 1. The van der Waals surface area contributed by atoms with Gasteiger partial charge in [-0.15, -0.1) is 0 Å². The number of rotatable bonds is 2. The summed E-state index contributed by atoms with van der Waals surface area (Å²) in [6, 6.07) is 2.80. The number of benzene rings is 1. The van der Waals surface area contributed by atoms with E-state index in [0.29, 0.717) is 5.56 Å². The molecule has 0 fully saturated rings. The summed E-state index contributed by atoms with van der Waals surface area (Å²) in [5.41, 5.74) is 7.80. The molecule has 4 nitrogen and oxygen atoms in total. The monoisotopic (exact) mass is 293 g/mol. The third-order valence-corrected chi connectivity index (χ3v) is 3.60. The Balaban J connectivity index is 3.60. The fourth-order valence-electron chi connectivity index (χ4n) is 2.15. The highest BCUT2D eigenvalue weighted by atomic mass is 16.5. The number of hydrogen-bond donors (Lipinski definition) is 2. The van der Waals surface area contributed by atoms with E-state index in [1.807, 2.05) is 26.8 Å². The van der Waals surface area contributed by atoms with E-state index in [9.17, 15) is 9.90 Å². The molecule has 21 heavy (non-hydrogen) atoms. The molecule has 1 aromatic carbocycles. The van der Waals surface area contributed by atoms with E-state index in [4.69, 9.17) is 10.5 Å². The summed E-state index contributed by atoms with van der Waals surface area (Å²) >= 11 is 0. The van der Waals surface area contributed by atoms with Gasteiger partial charge in [0.1, 0.15) is 11.8 Å². The van der Waals surface area contributed by atoms with Gasteiger partial charge in [0.2, 0.25) is 0 Å². The summed E-state index contributed by atoms with van der Waals surface area (Å²) in [6.07, 6.45) is 0. The molecule has 1 aromatic rings. The lowest BCUT2D eigenvalue weighted by Gasteiger charge is -2.28. The maximum atomic E-state index is 11.7. The molecule has 118 valence electrons. The van der Waals surface area contributed by atoms with Crippen molar-refractivity contribution >= 4 is 5.97 Å². The molecule has 0 amide bonds.